The number of ether oxygens (including phenoxy) is 1. The van der Waals surface area contributed by atoms with E-state index in [2.05, 4.69) is 17.2 Å². The predicted molar refractivity (Wildman–Crippen MR) is 97.9 cm³/mol. The largest absolute Gasteiger partial charge is 0.378 e. The minimum atomic E-state index is -0.226. The van der Waals surface area contributed by atoms with Gasteiger partial charge in [0.15, 0.2) is 0 Å². The summed E-state index contributed by atoms with van der Waals surface area (Å²) in [5.41, 5.74) is 0.985. The third-order valence-electron chi connectivity index (χ3n) is 5.02. The van der Waals surface area contributed by atoms with Gasteiger partial charge in [-0.15, -0.1) is 0 Å². The highest BCUT2D eigenvalue weighted by molar-refractivity contribution is 6.06. The van der Waals surface area contributed by atoms with Gasteiger partial charge in [-0.05, 0) is 38.2 Å². The third kappa shape index (κ3) is 3.95. The smallest absolute Gasteiger partial charge is 0.258 e. The summed E-state index contributed by atoms with van der Waals surface area (Å²) in [7, 11) is 1.84. The van der Waals surface area contributed by atoms with E-state index in [4.69, 9.17) is 4.74 Å². The first-order chi connectivity index (χ1) is 12.1. The van der Waals surface area contributed by atoms with Crippen molar-refractivity contribution in [2.24, 2.45) is 7.05 Å². The van der Waals surface area contributed by atoms with Gasteiger partial charge in [0.05, 0.1) is 22.6 Å². The van der Waals surface area contributed by atoms with E-state index in [1.165, 1.54) is 0 Å². The Hall–Kier alpha value is -2.08. The number of aromatic nitrogens is 2. The summed E-state index contributed by atoms with van der Waals surface area (Å²) >= 11 is 0. The Balaban J connectivity index is 1.62. The van der Waals surface area contributed by atoms with Gasteiger partial charge >= 0.3 is 0 Å². The van der Waals surface area contributed by atoms with Gasteiger partial charge in [-0.25, -0.2) is 0 Å². The van der Waals surface area contributed by atoms with Crippen LogP contribution >= 0.6 is 0 Å². The maximum absolute atomic E-state index is 12.7. The SMILES string of the molecule is CCCCO[C@H]1CC[C@H](NC(=O)c2cn(C)c3cc[nH]c(=O)c23)CC1. The summed E-state index contributed by atoms with van der Waals surface area (Å²) in [6.07, 6.45) is 9.70. The van der Waals surface area contributed by atoms with Crippen LogP contribution in [-0.2, 0) is 11.8 Å². The molecule has 3 rings (SSSR count). The van der Waals surface area contributed by atoms with Crippen LogP contribution in [0.15, 0.2) is 23.3 Å². The number of amides is 1. The lowest BCUT2D eigenvalue weighted by Gasteiger charge is -2.29. The first-order valence-electron chi connectivity index (χ1n) is 9.19. The van der Waals surface area contributed by atoms with Crippen LogP contribution in [-0.4, -0.2) is 34.2 Å². The summed E-state index contributed by atoms with van der Waals surface area (Å²) in [5, 5.41) is 3.55. The molecule has 0 unspecified atom stereocenters. The molecule has 2 aromatic rings. The topological polar surface area (TPSA) is 76.1 Å². The monoisotopic (exact) mass is 345 g/mol. The molecule has 2 N–H and O–H groups in total. The van der Waals surface area contributed by atoms with Crippen LogP contribution in [0.1, 0.15) is 55.8 Å². The van der Waals surface area contributed by atoms with E-state index in [1.54, 1.807) is 12.4 Å². The van der Waals surface area contributed by atoms with Crippen molar-refractivity contribution in [3.8, 4) is 0 Å². The average Bonchev–Trinajstić information content (AvgIpc) is 2.95. The number of fused-ring (bicyclic) bond motifs is 1. The molecule has 6 heteroatoms. The van der Waals surface area contributed by atoms with E-state index in [9.17, 15) is 9.59 Å². The Morgan fingerprint density at radius 3 is 2.84 bits per heavy atom. The summed E-state index contributed by atoms with van der Waals surface area (Å²) < 4.78 is 7.69. The number of hydrogen-bond acceptors (Lipinski definition) is 3. The molecular weight excluding hydrogens is 318 g/mol. The zero-order valence-electron chi connectivity index (χ0n) is 15.0. The number of aryl methyl sites for hydroxylation is 1. The van der Waals surface area contributed by atoms with Gasteiger partial charge in [-0.3, -0.25) is 9.59 Å². The van der Waals surface area contributed by atoms with Crippen molar-refractivity contribution in [1.29, 1.82) is 0 Å². The second kappa shape index (κ2) is 7.87. The van der Waals surface area contributed by atoms with E-state index >= 15 is 0 Å². The van der Waals surface area contributed by atoms with Crippen LogP contribution < -0.4 is 10.9 Å². The van der Waals surface area contributed by atoms with Gasteiger partial charge in [0.25, 0.3) is 11.5 Å². The van der Waals surface area contributed by atoms with E-state index in [1.807, 2.05) is 17.7 Å². The number of carbonyl (C=O) groups excluding carboxylic acids is 1. The van der Waals surface area contributed by atoms with Crippen LogP contribution in [0.5, 0.6) is 0 Å². The third-order valence-corrected chi connectivity index (χ3v) is 5.02. The minimum absolute atomic E-state index is 0.150. The van der Waals surface area contributed by atoms with Gasteiger partial charge in [0.1, 0.15) is 0 Å². The van der Waals surface area contributed by atoms with Gasteiger partial charge in [-0.1, -0.05) is 13.3 Å². The fraction of sp³-hybridized carbons (Fsp3) is 0.579. The Morgan fingerprint density at radius 2 is 2.12 bits per heavy atom. The molecular formula is C19H27N3O3. The van der Waals surface area contributed by atoms with E-state index < -0.39 is 0 Å². The second-order valence-corrected chi connectivity index (χ2v) is 6.89. The van der Waals surface area contributed by atoms with Crippen molar-refractivity contribution in [3.05, 3.63) is 34.4 Å². The normalized spacial score (nSPS) is 20.7. The molecule has 25 heavy (non-hydrogen) atoms. The molecule has 0 aliphatic heterocycles. The number of carbonyl (C=O) groups is 1. The molecule has 0 aromatic carbocycles. The number of nitrogens with one attached hydrogen (secondary N) is 2. The lowest BCUT2D eigenvalue weighted by atomic mass is 9.92. The Bertz CT molecular complexity index is 785. The summed E-state index contributed by atoms with van der Waals surface area (Å²) in [6.45, 7) is 2.99. The number of unbranched alkanes of at least 4 members (excludes halogenated alkanes) is 1. The van der Waals surface area contributed by atoms with Crippen LogP contribution in [0.3, 0.4) is 0 Å². The highest BCUT2D eigenvalue weighted by Gasteiger charge is 2.24. The van der Waals surface area contributed by atoms with Crippen molar-refractivity contribution < 1.29 is 9.53 Å². The summed E-state index contributed by atoms with van der Waals surface area (Å²) in [6, 6.07) is 1.96. The number of aromatic amines is 1. The number of hydrogen-bond donors (Lipinski definition) is 2. The van der Waals surface area contributed by atoms with Crippen LogP contribution in [0.4, 0.5) is 0 Å². The number of rotatable bonds is 6. The van der Waals surface area contributed by atoms with Crippen LogP contribution in [0.2, 0.25) is 0 Å². The lowest BCUT2D eigenvalue weighted by molar-refractivity contribution is 0.0209. The molecule has 136 valence electrons. The molecule has 1 fully saturated rings. The maximum atomic E-state index is 12.7. The molecule has 1 aliphatic rings. The Morgan fingerprint density at radius 1 is 1.36 bits per heavy atom. The molecule has 0 bridgehead atoms. The lowest BCUT2D eigenvalue weighted by Crippen LogP contribution is -2.39. The van der Waals surface area contributed by atoms with Crippen molar-refractivity contribution in [1.82, 2.24) is 14.9 Å². The van der Waals surface area contributed by atoms with Gasteiger partial charge < -0.3 is 19.6 Å². The second-order valence-electron chi connectivity index (χ2n) is 6.89. The molecule has 0 radical (unpaired) electrons. The molecule has 1 aliphatic carbocycles. The van der Waals surface area contributed by atoms with E-state index in [0.717, 1.165) is 50.6 Å². The quantitative estimate of drug-likeness (QED) is 0.791. The molecule has 0 atom stereocenters. The number of nitrogens with zero attached hydrogens (tertiary/aromatic N) is 1. The maximum Gasteiger partial charge on any atom is 0.258 e. The number of H-pyrrole nitrogens is 1. The summed E-state index contributed by atoms with van der Waals surface area (Å²) in [5.74, 6) is -0.169. The number of pyridine rings is 1. The van der Waals surface area contributed by atoms with Gasteiger partial charge in [0, 0.05) is 32.1 Å². The molecule has 0 spiro atoms. The predicted octanol–water partition coefficient (Wildman–Crippen LogP) is 2.72. The van der Waals surface area contributed by atoms with Crippen molar-refractivity contribution in [2.75, 3.05) is 6.61 Å². The molecule has 1 saturated carbocycles. The van der Waals surface area contributed by atoms with Crippen LogP contribution in [0.25, 0.3) is 10.9 Å². The fourth-order valence-corrected chi connectivity index (χ4v) is 3.55. The minimum Gasteiger partial charge on any atom is -0.378 e. The van der Waals surface area contributed by atoms with Crippen molar-refractivity contribution in [2.45, 2.75) is 57.6 Å². The van der Waals surface area contributed by atoms with E-state index in [-0.39, 0.29) is 17.5 Å². The van der Waals surface area contributed by atoms with Crippen LogP contribution in [0, 0.1) is 0 Å². The highest BCUT2D eigenvalue weighted by Crippen LogP contribution is 2.23. The van der Waals surface area contributed by atoms with Gasteiger partial charge in [-0.2, -0.15) is 0 Å². The zero-order chi connectivity index (χ0) is 17.8. The Kier molecular flexibility index (Phi) is 5.58. The van der Waals surface area contributed by atoms with Crippen molar-refractivity contribution >= 4 is 16.8 Å². The van der Waals surface area contributed by atoms with E-state index in [0.29, 0.717) is 17.1 Å². The molecule has 6 nitrogen and oxygen atoms in total. The molecule has 1 amide bonds. The summed E-state index contributed by atoms with van der Waals surface area (Å²) in [4.78, 5) is 27.4. The first-order valence-corrected chi connectivity index (χ1v) is 9.19. The van der Waals surface area contributed by atoms with Crippen molar-refractivity contribution in [3.63, 3.8) is 0 Å². The molecule has 2 heterocycles. The average molecular weight is 345 g/mol. The molecule has 2 aromatic heterocycles. The molecule has 0 saturated heterocycles. The Labute approximate surface area is 147 Å². The van der Waals surface area contributed by atoms with Gasteiger partial charge in [0.2, 0.25) is 0 Å². The zero-order valence-corrected chi connectivity index (χ0v) is 15.0. The highest BCUT2D eigenvalue weighted by atomic mass is 16.5. The standard InChI is InChI=1S/C19H27N3O3/c1-3-4-11-25-14-7-5-13(6-8-14)21-18(23)15-12-22(2)16-9-10-20-19(24)17(15)16/h9-10,12-14H,3-8,11H2,1-2H3,(H,20,24)(H,21,23)/t13-,14-. The fourth-order valence-electron chi connectivity index (χ4n) is 3.55. The first kappa shape index (κ1) is 17.7.